The SMILES string of the molecule is O=C(O)c1cc(F)cc(-c2cccc(Oc3ccc(Cl)cc3Cl)n2)c1. The predicted octanol–water partition coefficient (Wildman–Crippen LogP) is 5.69. The molecule has 0 bridgehead atoms. The van der Waals surface area contributed by atoms with Crippen molar-refractivity contribution in [3.05, 3.63) is 76.0 Å². The number of pyridine rings is 1. The minimum Gasteiger partial charge on any atom is -0.478 e. The smallest absolute Gasteiger partial charge is 0.335 e. The summed E-state index contributed by atoms with van der Waals surface area (Å²) >= 11 is 11.9. The van der Waals surface area contributed by atoms with Gasteiger partial charge in [0.15, 0.2) is 0 Å². The number of halogens is 3. The van der Waals surface area contributed by atoms with Crippen LogP contribution >= 0.6 is 23.2 Å². The molecule has 1 N–H and O–H groups in total. The van der Waals surface area contributed by atoms with Crippen LogP contribution in [0, 0.1) is 5.82 Å². The number of carboxylic acids is 1. The van der Waals surface area contributed by atoms with Crippen molar-refractivity contribution in [3.8, 4) is 22.9 Å². The lowest BCUT2D eigenvalue weighted by atomic mass is 10.1. The van der Waals surface area contributed by atoms with Gasteiger partial charge >= 0.3 is 5.97 Å². The van der Waals surface area contributed by atoms with Gasteiger partial charge in [-0.25, -0.2) is 14.2 Å². The molecule has 4 nitrogen and oxygen atoms in total. The molecule has 0 aliphatic carbocycles. The first-order chi connectivity index (χ1) is 11.9. The van der Waals surface area contributed by atoms with Crippen molar-refractivity contribution in [2.45, 2.75) is 0 Å². The fraction of sp³-hybridized carbons (Fsp3) is 0. The lowest BCUT2D eigenvalue weighted by molar-refractivity contribution is 0.0696. The molecular weight excluding hydrogens is 368 g/mol. The molecule has 0 aliphatic rings. The number of rotatable bonds is 4. The Kier molecular flexibility index (Phi) is 4.88. The minimum atomic E-state index is -1.22. The number of benzene rings is 2. The average Bonchev–Trinajstić information content (AvgIpc) is 2.57. The number of nitrogens with zero attached hydrogens (tertiary/aromatic N) is 1. The number of carbonyl (C=O) groups is 1. The van der Waals surface area contributed by atoms with Crippen molar-refractivity contribution in [2.24, 2.45) is 0 Å². The summed E-state index contributed by atoms with van der Waals surface area (Å²) in [6.45, 7) is 0. The van der Waals surface area contributed by atoms with Crippen LogP contribution in [0.5, 0.6) is 11.6 Å². The van der Waals surface area contributed by atoms with Gasteiger partial charge in [-0.1, -0.05) is 29.3 Å². The van der Waals surface area contributed by atoms with Crippen molar-refractivity contribution in [2.75, 3.05) is 0 Å². The van der Waals surface area contributed by atoms with Gasteiger partial charge in [-0.3, -0.25) is 0 Å². The molecule has 1 heterocycles. The quantitative estimate of drug-likeness (QED) is 0.634. The van der Waals surface area contributed by atoms with Crippen molar-refractivity contribution in [1.29, 1.82) is 0 Å². The van der Waals surface area contributed by atoms with Gasteiger partial charge in [-0.2, -0.15) is 0 Å². The molecule has 0 saturated heterocycles. The molecule has 0 spiro atoms. The van der Waals surface area contributed by atoms with Crippen LogP contribution in [0.15, 0.2) is 54.6 Å². The molecule has 3 aromatic rings. The number of aromatic nitrogens is 1. The van der Waals surface area contributed by atoms with Gasteiger partial charge in [0.05, 0.1) is 16.3 Å². The summed E-state index contributed by atoms with van der Waals surface area (Å²) in [5, 5.41) is 9.84. The molecule has 3 rings (SSSR count). The van der Waals surface area contributed by atoms with E-state index in [-0.39, 0.29) is 11.4 Å². The van der Waals surface area contributed by atoms with Gasteiger partial charge in [-0.05, 0) is 42.5 Å². The molecular formula is C18H10Cl2FNO3. The molecule has 0 aliphatic heterocycles. The van der Waals surface area contributed by atoms with E-state index in [1.54, 1.807) is 30.3 Å². The first kappa shape index (κ1) is 17.2. The second kappa shape index (κ2) is 7.09. The lowest BCUT2D eigenvalue weighted by Gasteiger charge is -2.09. The largest absolute Gasteiger partial charge is 0.478 e. The van der Waals surface area contributed by atoms with Crippen LogP contribution in [-0.4, -0.2) is 16.1 Å². The van der Waals surface area contributed by atoms with Gasteiger partial charge in [-0.15, -0.1) is 0 Å². The highest BCUT2D eigenvalue weighted by atomic mass is 35.5. The fourth-order valence-electron chi connectivity index (χ4n) is 2.16. The van der Waals surface area contributed by atoms with E-state index in [0.717, 1.165) is 6.07 Å². The van der Waals surface area contributed by atoms with Crippen LogP contribution in [0.2, 0.25) is 10.0 Å². The highest BCUT2D eigenvalue weighted by molar-refractivity contribution is 6.35. The molecule has 1 aromatic heterocycles. The molecule has 0 saturated carbocycles. The Morgan fingerprint density at radius 2 is 1.88 bits per heavy atom. The van der Waals surface area contributed by atoms with E-state index in [2.05, 4.69) is 4.98 Å². The highest BCUT2D eigenvalue weighted by Crippen LogP contribution is 2.31. The predicted molar refractivity (Wildman–Crippen MR) is 93.1 cm³/mol. The van der Waals surface area contributed by atoms with Gasteiger partial charge in [0.25, 0.3) is 0 Å². The monoisotopic (exact) mass is 377 g/mol. The second-order valence-corrected chi connectivity index (χ2v) is 5.92. The highest BCUT2D eigenvalue weighted by Gasteiger charge is 2.11. The number of carboxylic acid groups (broad SMARTS) is 1. The molecule has 25 heavy (non-hydrogen) atoms. The Balaban J connectivity index is 1.95. The topological polar surface area (TPSA) is 59.4 Å². The van der Waals surface area contributed by atoms with Crippen molar-refractivity contribution < 1.29 is 19.0 Å². The zero-order valence-electron chi connectivity index (χ0n) is 12.5. The van der Waals surface area contributed by atoms with E-state index in [0.29, 0.717) is 27.1 Å². The van der Waals surface area contributed by atoms with Gasteiger partial charge in [0.1, 0.15) is 11.6 Å². The minimum absolute atomic E-state index is 0.163. The number of hydrogen-bond acceptors (Lipinski definition) is 3. The number of ether oxygens (including phenoxy) is 1. The van der Waals surface area contributed by atoms with Crippen molar-refractivity contribution in [3.63, 3.8) is 0 Å². The number of aromatic carboxylic acids is 1. The summed E-state index contributed by atoms with van der Waals surface area (Å²) in [7, 11) is 0. The van der Waals surface area contributed by atoms with Crippen LogP contribution in [0.3, 0.4) is 0 Å². The second-order valence-electron chi connectivity index (χ2n) is 5.07. The Bertz CT molecular complexity index is 963. The zero-order chi connectivity index (χ0) is 18.0. The van der Waals surface area contributed by atoms with Crippen molar-refractivity contribution >= 4 is 29.2 Å². The van der Waals surface area contributed by atoms with E-state index in [1.807, 2.05) is 0 Å². The van der Waals surface area contributed by atoms with Crippen LogP contribution in [0.1, 0.15) is 10.4 Å². The lowest BCUT2D eigenvalue weighted by Crippen LogP contribution is -1.98. The molecule has 126 valence electrons. The molecule has 0 fully saturated rings. The van der Waals surface area contributed by atoms with Crippen LogP contribution < -0.4 is 4.74 Å². The third-order valence-corrected chi connectivity index (χ3v) is 3.80. The van der Waals surface area contributed by atoms with Gasteiger partial charge in [0, 0.05) is 16.7 Å². The summed E-state index contributed by atoms with van der Waals surface area (Å²) < 4.78 is 19.3. The normalized spacial score (nSPS) is 10.5. The maximum atomic E-state index is 13.7. The third kappa shape index (κ3) is 4.07. The molecule has 0 amide bonds. The third-order valence-electron chi connectivity index (χ3n) is 3.27. The Labute approximate surface area is 152 Å². The number of hydrogen-bond donors (Lipinski definition) is 1. The van der Waals surface area contributed by atoms with Gasteiger partial charge in [0.2, 0.25) is 5.88 Å². The zero-order valence-corrected chi connectivity index (χ0v) is 14.1. The summed E-state index contributed by atoms with van der Waals surface area (Å²) in [4.78, 5) is 15.3. The van der Waals surface area contributed by atoms with Crippen LogP contribution in [0.4, 0.5) is 4.39 Å². The first-order valence-corrected chi connectivity index (χ1v) is 7.82. The van der Waals surface area contributed by atoms with E-state index in [4.69, 9.17) is 33.0 Å². The Morgan fingerprint density at radius 3 is 2.60 bits per heavy atom. The Hall–Kier alpha value is -2.63. The van der Waals surface area contributed by atoms with E-state index in [1.165, 1.54) is 18.2 Å². The van der Waals surface area contributed by atoms with Crippen LogP contribution in [-0.2, 0) is 0 Å². The maximum Gasteiger partial charge on any atom is 0.335 e. The molecule has 0 unspecified atom stereocenters. The first-order valence-electron chi connectivity index (χ1n) is 7.06. The summed E-state index contributed by atoms with van der Waals surface area (Å²) in [5.74, 6) is -1.30. The molecule has 0 atom stereocenters. The average molecular weight is 378 g/mol. The van der Waals surface area contributed by atoms with Crippen molar-refractivity contribution in [1.82, 2.24) is 4.98 Å². The van der Waals surface area contributed by atoms with E-state index in [9.17, 15) is 9.18 Å². The molecule has 0 radical (unpaired) electrons. The summed E-state index contributed by atoms with van der Waals surface area (Å²) in [6, 6.07) is 13.1. The fourth-order valence-corrected chi connectivity index (χ4v) is 2.61. The maximum absolute atomic E-state index is 13.7. The molecule has 2 aromatic carbocycles. The Morgan fingerprint density at radius 1 is 1.08 bits per heavy atom. The summed E-state index contributed by atoms with van der Waals surface area (Å²) in [5.41, 5.74) is 0.526. The summed E-state index contributed by atoms with van der Waals surface area (Å²) in [6.07, 6.45) is 0. The van der Waals surface area contributed by atoms with Crippen LogP contribution in [0.25, 0.3) is 11.3 Å². The van der Waals surface area contributed by atoms with E-state index >= 15 is 0 Å². The van der Waals surface area contributed by atoms with E-state index < -0.39 is 11.8 Å². The standard InChI is InChI=1S/C18H10Cl2FNO3/c19-12-4-5-16(14(20)9-12)25-17-3-1-2-15(22-17)10-6-11(18(23)24)8-13(21)7-10/h1-9H,(H,23,24). The van der Waals surface area contributed by atoms with Gasteiger partial charge < -0.3 is 9.84 Å². The molecule has 7 heteroatoms.